The SMILES string of the molecule is CN(C)C1CCC(NC(=O)O)CC1F. The third kappa shape index (κ3) is 2.83. The van der Waals surface area contributed by atoms with Gasteiger partial charge in [-0.3, -0.25) is 0 Å². The van der Waals surface area contributed by atoms with E-state index in [-0.39, 0.29) is 18.5 Å². The lowest BCUT2D eigenvalue weighted by Gasteiger charge is -2.35. The Kier molecular flexibility index (Phi) is 3.69. The normalized spacial score (nSPS) is 33.0. The smallest absolute Gasteiger partial charge is 0.404 e. The Morgan fingerprint density at radius 3 is 2.57 bits per heavy atom. The molecule has 1 fully saturated rings. The average molecular weight is 204 g/mol. The lowest BCUT2D eigenvalue weighted by atomic mass is 9.89. The van der Waals surface area contributed by atoms with Gasteiger partial charge >= 0.3 is 6.09 Å². The van der Waals surface area contributed by atoms with Crippen LogP contribution in [0.3, 0.4) is 0 Å². The number of nitrogens with zero attached hydrogens (tertiary/aromatic N) is 1. The van der Waals surface area contributed by atoms with Crippen molar-refractivity contribution in [3.8, 4) is 0 Å². The Bertz CT molecular complexity index is 211. The van der Waals surface area contributed by atoms with Gasteiger partial charge < -0.3 is 15.3 Å². The van der Waals surface area contributed by atoms with Gasteiger partial charge in [0.25, 0.3) is 0 Å². The zero-order valence-electron chi connectivity index (χ0n) is 8.53. The van der Waals surface area contributed by atoms with Gasteiger partial charge in [0.2, 0.25) is 0 Å². The molecule has 0 aromatic carbocycles. The van der Waals surface area contributed by atoms with E-state index in [2.05, 4.69) is 5.32 Å². The maximum atomic E-state index is 13.5. The highest BCUT2D eigenvalue weighted by atomic mass is 19.1. The molecule has 3 atom stereocenters. The molecule has 2 N–H and O–H groups in total. The Morgan fingerprint density at radius 2 is 2.14 bits per heavy atom. The summed E-state index contributed by atoms with van der Waals surface area (Å²) in [5, 5.41) is 10.8. The molecular formula is C9H17FN2O2. The largest absolute Gasteiger partial charge is 0.465 e. The zero-order chi connectivity index (χ0) is 10.7. The number of halogens is 1. The summed E-state index contributed by atoms with van der Waals surface area (Å²) in [5.74, 6) is 0. The van der Waals surface area contributed by atoms with E-state index in [0.29, 0.717) is 6.42 Å². The monoisotopic (exact) mass is 204 g/mol. The average Bonchev–Trinajstić information content (AvgIpc) is 2.01. The summed E-state index contributed by atoms with van der Waals surface area (Å²) in [5.41, 5.74) is 0. The lowest BCUT2D eigenvalue weighted by Crippen LogP contribution is -2.47. The van der Waals surface area contributed by atoms with E-state index in [1.165, 1.54) is 0 Å². The van der Waals surface area contributed by atoms with Crippen LogP contribution in [0.1, 0.15) is 19.3 Å². The molecule has 0 aromatic rings. The topological polar surface area (TPSA) is 52.6 Å². The number of hydrogen-bond donors (Lipinski definition) is 2. The lowest BCUT2D eigenvalue weighted by molar-refractivity contribution is 0.0957. The second-order valence-corrected chi connectivity index (χ2v) is 4.01. The van der Waals surface area contributed by atoms with E-state index in [4.69, 9.17) is 5.11 Å². The van der Waals surface area contributed by atoms with Crippen LogP contribution in [0.15, 0.2) is 0 Å². The molecule has 0 saturated heterocycles. The molecule has 1 saturated carbocycles. The maximum absolute atomic E-state index is 13.5. The van der Waals surface area contributed by atoms with Crippen molar-refractivity contribution in [2.24, 2.45) is 0 Å². The minimum Gasteiger partial charge on any atom is -0.465 e. The van der Waals surface area contributed by atoms with Gasteiger partial charge in [0.15, 0.2) is 0 Å². The molecule has 3 unspecified atom stereocenters. The Labute approximate surface area is 83.1 Å². The van der Waals surface area contributed by atoms with Crippen molar-refractivity contribution >= 4 is 6.09 Å². The number of carbonyl (C=O) groups is 1. The number of nitrogens with one attached hydrogen (secondary N) is 1. The van der Waals surface area contributed by atoms with E-state index < -0.39 is 12.3 Å². The highest BCUT2D eigenvalue weighted by Gasteiger charge is 2.32. The number of amides is 1. The molecule has 0 bridgehead atoms. The molecule has 82 valence electrons. The summed E-state index contributed by atoms with van der Waals surface area (Å²) in [7, 11) is 3.70. The number of rotatable bonds is 2. The highest BCUT2D eigenvalue weighted by molar-refractivity contribution is 5.64. The number of alkyl halides is 1. The van der Waals surface area contributed by atoms with Crippen molar-refractivity contribution in [3.63, 3.8) is 0 Å². The van der Waals surface area contributed by atoms with Gasteiger partial charge in [-0.15, -0.1) is 0 Å². The molecule has 0 radical (unpaired) electrons. The fourth-order valence-electron chi connectivity index (χ4n) is 1.99. The number of carboxylic acid groups (broad SMARTS) is 1. The molecule has 5 heteroatoms. The van der Waals surface area contributed by atoms with E-state index in [1.807, 2.05) is 19.0 Å². The van der Waals surface area contributed by atoms with Crippen LogP contribution in [0.4, 0.5) is 9.18 Å². The van der Waals surface area contributed by atoms with Crippen LogP contribution in [0, 0.1) is 0 Å². The molecule has 14 heavy (non-hydrogen) atoms. The molecule has 0 aliphatic heterocycles. The van der Waals surface area contributed by atoms with Crippen molar-refractivity contribution in [3.05, 3.63) is 0 Å². The third-order valence-electron chi connectivity index (χ3n) is 2.73. The molecule has 0 spiro atoms. The van der Waals surface area contributed by atoms with Gasteiger partial charge in [0.05, 0.1) is 0 Å². The van der Waals surface area contributed by atoms with Crippen LogP contribution in [0.5, 0.6) is 0 Å². The first kappa shape index (κ1) is 11.2. The summed E-state index contributed by atoms with van der Waals surface area (Å²) < 4.78 is 13.5. The molecule has 0 heterocycles. The minimum absolute atomic E-state index is 0.0677. The predicted molar refractivity (Wildman–Crippen MR) is 51.2 cm³/mol. The first-order valence-corrected chi connectivity index (χ1v) is 4.80. The summed E-state index contributed by atoms with van der Waals surface area (Å²) in [4.78, 5) is 12.2. The summed E-state index contributed by atoms with van der Waals surface area (Å²) in [6.07, 6.45) is -0.287. The Balaban J connectivity index is 2.42. The summed E-state index contributed by atoms with van der Waals surface area (Å²) >= 11 is 0. The van der Waals surface area contributed by atoms with Crippen LogP contribution < -0.4 is 5.32 Å². The van der Waals surface area contributed by atoms with E-state index in [0.717, 1.165) is 6.42 Å². The van der Waals surface area contributed by atoms with Crippen LogP contribution in [0.2, 0.25) is 0 Å². The number of hydrogen-bond acceptors (Lipinski definition) is 2. The predicted octanol–water partition coefficient (Wildman–Crippen LogP) is 1.07. The zero-order valence-corrected chi connectivity index (χ0v) is 8.53. The van der Waals surface area contributed by atoms with Crippen LogP contribution in [0.25, 0.3) is 0 Å². The Morgan fingerprint density at radius 1 is 1.50 bits per heavy atom. The van der Waals surface area contributed by atoms with Crippen LogP contribution in [-0.4, -0.2) is 48.5 Å². The van der Waals surface area contributed by atoms with E-state index >= 15 is 0 Å². The van der Waals surface area contributed by atoms with Crippen molar-refractivity contribution in [2.75, 3.05) is 14.1 Å². The van der Waals surface area contributed by atoms with Gasteiger partial charge in [-0.25, -0.2) is 9.18 Å². The second-order valence-electron chi connectivity index (χ2n) is 4.01. The van der Waals surface area contributed by atoms with Gasteiger partial charge in [0, 0.05) is 18.5 Å². The first-order chi connectivity index (χ1) is 6.50. The quantitative estimate of drug-likeness (QED) is 0.707. The molecule has 0 aromatic heterocycles. The first-order valence-electron chi connectivity index (χ1n) is 4.80. The third-order valence-corrected chi connectivity index (χ3v) is 2.73. The van der Waals surface area contributed by atoms with Gasteiger partial charge in [0.1, 0.15) is 6.17 Å². The van der Waals surface area contributed by atoms with Gasteiger partial charge in [-0.1, -0.05) is 0 Å². The standard InChI is InChI=1S/C9H17FN2O2/c1-12(2)8-4-3-6(5-7(8)10)11-9(13)14/h6-8,11H,3-5H2,1-2H3,(H,13,14). The van der Waals surface area contributed by atoms with Gasteiger partial charge in [-0.2, -0.15) is 0 Å². The van der Waals surface area contributed by atoms with Gasteiger partial charge in [-0.05, 0) is 26.9 Å². The fraction of sp³-hybridized carbons (Fsp3) is 0.889. The fourth-order valence-corrected chi connectivity index (χ4v) is 1.99. The highest BCUT2D eigenvalue weighted by Crippen LogP contribution is 2.24. The summed E-state index contributed by atoms with van der Waals surface area (Å²) in [6.45, 7) is 0. The molecular weight excluding hydrogens is 187 g/mol. The summed E-state index contributed by atoms with van der Waals surface area (Å²) in [6, 6.07) is -0.291. The minimum atomic E-state index is -1.06. The molecule has 4 nitrogen and oxygen atoms in total. The molecule has 1 aliphatic rings. The van der Waals surface area contributed by atoms with Crippen molar-refractivity contribution in [1.82, 2.24) is 10.2 Å². The molecule has 1 rings (SSSR count). The molecule has 1 aliphatic carbocycles. The van der Waals surface area contributed by atoms with Crippen LogP contribution >= 0.6 is 0 Å². The van der Waals surface area contributed by atoms with E-state index in [1.54, 1.807) is 0 Å². The van der Waals surface area contributed by atoms with Crippen molar-refractivity contribution in [2.45, 2.75) is 37.5 Å². The van der Waals surface area contributed by atoms with Crippen molar-refractivity contribution < 1.29 is 14.3 Å². The maximum Gasteiger partial charge on any atom is 0.404 e. The van der Waals surface area contributed by atoms with Crippen molar-refractivity contribution in [1.29, 1.82) is 0 Å². The Hall–Kier alpha value is -0.840. The second kappa shape index (κ2) is 4.59. The van der Waals surface area contributed by atoms with Crippen LogP contribution in [-0.2, 0) is 0 Å². The molecule has 1 amide bonds. The van der Waals surface area contributed by atoms with E-state index in [9.17, 15) is 9.18 Å².